The van der Waals surface area contributed by atoms with Crippen molar-refractivity contribution in [2.75, 3.05) is 0 Å². The smallest absolute Gasteiger partial charge is 0.140 e. The van der Waals surface area contributed by atoms with E-state index in [1.807, 2.05) is 92.7 Å². The molecule has 0 spiro atoms. The summed E-state index contributed by atoms with van der Waals surface area (Å²) in [5.74, 6) is 0. The lowest BCUT2D eigenvalue weighted by molar-refractivity contribution is 0.125. The van der Waals surface area contributed by atoms with E-state index >= 15 is 0 Å². The Morgan fingerprint density at radius 1 is 0.909 bits per heavy atom. The summed E-state index contributed by atoms with van der Waals surface area (Å²) in [6, 6.07) is 19.5. The number of allylic oxidation sites excluding steroid dienone is 3. The average Bonchev–Trinajstić information content (AvgIpc) is 2.56. The Kier molecular flexibility index (Phi) is 5.13. The summed E-state index contributed by atoms with van der Waals surface area (Å²) in [6.45, 7) is 7.77. The first-order valence-corrected chi connectivity index (χ1v) is 7.43. The molecule has 1 N–H and O–H groups in total. The molecule has 1 nitrogen and oxygen atoms in total. The highest BCUT2D eigenvalue weighted by molar-refractivity contribution is 5.49. The first-order valence-electron chi connectivity index (χ1n) is 7.43. The molecule has 0 aliphatic carbocycles. The van der Waals surface area contributed by atoms with Crippen molar-refractivity contribution >= 4 is 0 Å². The van der Waals surface area contributed by atoms with Crippen molar-refractivity contribution in [3.63, 3.8) is 0 Å². The van der Waals surface area contributed by atoms with Crippen molar-refractivity contribution in [2.24, 2.45) is 0 Å². The molecular formula is C21H22O. The van der Waals surface area contributed by atoms with Gasteiger partial charge in [0.05, 0.1) is 0 Å². The minimum atomic E-state index is -1.18. The van der Waals surface area contributed by atoms with Gasteiger partial charge in [-0.05, 0) is 30.5 Å². The van der Waals surface area contributed by atoms with Crippen LogP contribution in [-0.2, 0) is 5.60 Å². The summed E-state index contributed by atoms with van der Waals surface area (Å²) in [4.78, 5) is 0. The maximum atomic E-state index is 11.6. The van der Waals surface area contributed by atoms with Crippen molar-refractivity contribution < 1.29 is 5.11 Å². The van der Waals surface area contributed by atoms with Crippen LogP contribution in [0.15, 0.2) is 96.6 Å². The van der Waals surface area contributed by atoms with Gasteiger partial charge in [-0.25, -0.2) is 0 Å². The lowest BCUT2D eigenvalue weighted by atomic mass is 9.79. The van der Waals surface area contributed by atoms with Crippen molar-refractivity contribution in [1.29, 1.82) is 0 Å². The Hall–Kier alpha value is -2.38. The molecule has 2 aromatic carbocycles. The molecule has 2 aromatic rings. The second-order valence-corrected chi connectivity index (χ2v) is 5.37. The molecule has 0 atom stereocenters. The van der Waals surface area contributed by atoms with Gasteiger partial charge in [-0.15, -0.1) is 0 Å². The summed E-state index contributed by atoms with van der Waals surface area (Å²) in [6.07, 6.45) is 5.80. The van der Waals surface area contributed by atoms with Gasteiger partial charge in [-0.2, -0.15) is 0 Å². The molecule has 0 saturated heterocycles. The summed E-state index contributed by atoms with van der Waals surface area (Å²) in [5, 5.41) is 11.6. The van der Waals surface area contributed by atoms with E-state index in [1.54, 1.807) is 0 Å². The molecule has 0 saturated carbocycles. The predicted octanol–water partition coefficient (Wildman–Crippen LogP) is 5.00. The van der Waals surface area contributed by atoms with Gasteiger partial charge in [-0.3, -0.25) is 0 Å². The van der Waals surface area contributed by atoms with E-state index in [2.05, 4.69) is 6.58 Å². The zero-order valence-electron chi connectivity index (χ0n) is 13.2. The van der Waals surface area contributed by atoms with Crippen LogP contribution in [0.2, 0.25) is 0 Å². The van der Waals surface area contributed by atoms with Crippen LogP contribution in [0.4, 0.5) is 0 Å². The number of rotatable bonds is 5. The molecule has 1 heteroatoms. The third-order valence-corrected chi connectivity index (χ3v) is 3.66. The summed E-state index contributed by atoms with van der Waals surface area (Å²) < 4.78 is 0. The molecule has 0 fully saturated rings. The highest BCUT2D eigenvalue weighted by Crippen LogP contribution is 2.37. The van der Waals surface area contributed by atoms with Crippen LogP contribution in [0.25, 0.3) is 0 Å². The Bertz CT molecular complexity index is 639. The number of hydrogen-bond donors (Lipinski definition) is 1. The molecule has 22 heavy (non-hydrogen) atoms. The van der Waals surface area contributed by atoms with Crippen LogP contribution >= 0.6 is 0 Å². The topological polar surface area (TPSA) is 20.2 Å². The summed E-state index contributed by atoms with van der Waals surface area (Å²) in [5.41, 5.74) is 2.29. The van der Waals surface area contributed by atoms with Crippen molar-refractivity contribution in [2.45, 2.75) is 19.4 Å². The third-order valence-electron chi connectivity index (χ3n) is 3.66. The van der Waals surface area contributed by atoms with E-state index in [0.29, 0.717) is 0 Å². The van der Waals surface area contributed by atoms with Gasteiger partial charge in [0.1, 0.15) is 5.60 Å². The molecule has 0 heterocycles. The Morgan fingerprint density at radius 2 is 1.36 bits per heavy atom. The van der Waals surface area contributed by atoms with E-state index < -0.39 is 5.60 Å². The fourth-order valence-electron chi connectivity index (χ4n) is 2.52. The predicted molar refractivity (Wildman–Crippen MR) is 93.6 cm³/mol. The van der Waals surface area contributed by atoms with E-state index in [-0.39, 0.29) is 0 Å². The molecule has 0 bridgehead atoms. The highest BCUT2D eigenvalue weighted by atomic mass is 16.3. The van der Waals surface area contributed by atoms with Gasteiger partial charge >= 0.3 is 0 Å². The lowest BCUT2D eigenvalue weighted by Gasteiger charge is -2.31. The van der Waals surface area contributed by atoms with Crippen LogP contribution in [0.3, 0.4) is 0 Å². The van der Waals surface area contributed by atoms with Crippen LogP contribution in [0.5, 0.6) is 0 Å². The highest BCUT2D eigenvalue weighted by Gasteiger charge is 2.33. The number of benzene rings is 2. The molecular weight excluding hydrogens is 268 g/mol. The largest absolute Gasteiger partial charge is 0.376 e. The fraction of sp³-hybridized carbons (Fsp3) is 0.143. The van der Waals surface area contributed by atoms with Gasteiger partial charge in [-0.1, -0.05) is 91.0 Å². The second kappa shape index (κ2) is 7.06. The molecule has 2 rings (SSSR count). The van der Waals surface area contributed by atoms with Crippen LogP contribution in [0, 0.1) is 0 Å². The molecule has 0 radical (unpaired) electrons. The third kappa shape index (κ3) is 3.26. The minimum absolute atomic E-state index is 0.827. The van der Waals surface area contributed by atoms with E-state index in [0.717, 1.165) is 22.3 Å². The van der Waals surface area contributed by atoms with Gasteiger partial charge < -0.3 is 5.11 Å². The standard InChI is InChI=1S/C21H22O/c1-4-18(16-15-17(2)3)21(22,19-11-7-5-8-12-19)20-13-9-6-10-14-20/h4-16,22H,2H2,1,3H3/b16-15-,18-4+. The van der Waals surface area contributed by atoms with E-state index in [9.17, 15) is 5.11 Å². The summed E-state index contributed by atoms with van der Waals surface area (Å²) in [7, 11) is 0. The zero-order chi connectivity index (χ0) is 16.0. The maximum Gasteiger partial charge on any atom is 0.140 e. The SMILES string of the molecule is C=C(C)/C=C\C(=C/C)C(O)(c1ccccc1)c1ccccc1. The maximum absolute atomic E-state index is 11.6. The molecule has 112 valence electrons. The van der Waals surface area contributed by atoms with Crippen molar-refractivity contribution in [3.05, 3.63) is 108 Å². The van der Waals surface area contributed by atoms with Gasteiger partial charge in [0.2, 0.25) is 0 Å². The lowest BCUT2D eigenvalue weighted by Crippen LogP contribution is -2.29. The molecule has 0 amide bonds. The first-order chi connectivity index (χ1) is 10.6. The van der Waals surface area contributed by atoms with Crippen LogP contribution in [-0.4, -0.2) is 5.11 Å². The van der Waals surface area contributed by atoms with Gasteiger partial charge in [0.15, 0.2) is 0 Å². The van der Waals surface area contributed by atoms with Crippen molar-refractivity contribution in [3.8, 4) is 0 Å². The quantitative estimate of drug-likeness (QED) is 0.768. The number of hydrogen-bond acceptors (Lipinski definition) is 1. The van der Waals surface area contributed by atoms with Gasteiger partial charge in [0, 0.05) is 0 Å². The molecule has 0 aliphatic rings. The summed E-state index contributed by atoms with van der Waals surface area (Å²) >= 11 is 0. The van der Waals surface area contributed by atoms with E-state index in [4.69, 9.17) is 0 Å². The second-order valence-electron chi connectivity index (χ2n) is 5.37. The van der Waals surface area contributed by atoms with Crippen LogP contribution in [0.1, 0.15) is 25.0 Å². The fourth-order valence-corrected chi connectivity index (χ4v) is 2.52. The molecule has 0 aromatic heterocycles. The van der Waals surface area contributed by atoms with Gasteiger partial charge in [0.25, 0.3) is 0 Å². The zero-order valence-corrected chi connectivity index (χ0v) is 13.2. The van der Waals surface area contributed by atoms with Crippen molar-refractivity contribution in [1.82, 2.24) is 0 Å². The molecule has 0 aliphatic heterocycles. The van der Waals surface area contributed by atoms with E-state index in [1.165, 1.54) is 0 Å². The monoisotopic (exact) mass is 290 g/mol. The minimum Gasteiger partial charge on any atom is -0.376 e. The normalized spacial score (nSPS) is 12.6. The van der Waals surface area contributed by atoms with Crippen LogP contribution < -0.4 is 0 Å². The molecule has 0 unspecified atom stereocenters. The Morgan fingerprint density at radius 3 is 1.73 bits per heavy atom. The Balaban J connectivity index is 2.63. The number of aliphatic hydroxyl groups is 1. The Labute approximate surface area is 132 Å². The average molecular weight is 290 g/mol. The first kappa shape index (κ1) is 16.0.